The molecule has 1 aliphatic rings. The van der Waals surface area contributed by atoms with Gasteiger partial charge in [-0.05, 0) is 47.9 Å². The van der Waals surface area contributed by atoms with Gasteiger partial charge < -0.3 is 9.47 Å². The van der Waals surface area contributed by atoms with Crippen LogP contribution in [0.4, 0.5) is 11.6 Å². The summed E-state index contributed by atoms with van der Waals surface area (Å²) in [7, 11) is 1.65. The van der Waals surface area contributed by atoms with Crippen LogP contribution in [0.3, 0.4) is 0 Å². The van der Waals surface area contributed by atoms with Crippen molar-refractivity contribution in [1.82, 2.24) is 18.7 Å². The van der Waals surface area contributed by atoms with E-state index in [0.29, 0.717) is 33.7 Å². The number of rotatable bonds is 3. The van der Waals surface area contributed by atoms with E-state index in [-0.39, 0.29) is 18.0 Å². The molecule has 0 fully saturated rings. The number of halogens is 2. The Hall–Kier alpha value is -3.03. The van der Waals surface area contributed by atoms with E-state index in [0.717, 1.165) is 17.8 Å². The molecule has 0 spiro atoms. The fourth-order valence-corrected chi connectivity index (χ4v) is 4.64. The van der Waals surface area contributed by atoms with Crippen molar-refractivity contribution in [1.29, 1.82) is 0 Å². The van der Waals surface area contributed by atoms with Crippen LogP contribution in [0.15, 0.2) is 58.1 Å². The van der Waals surface area contributed by atoms with Gasteiger partial charge in [-0.25, -0.2) is 4.79 Å². The number of nitrogens with zero attached hydrogens (tertiary/aromatic N) is 5. The average molecular weight is 470 g/mol. The van der Waals surface area contributed by atoms with Crippen molar-refractivity contribution in [3.63, 3.8) is 0 Å². The van der Waals surface area contributed by atoms with E-state index in [1.807, 2.05) is 34.9 Å². The third-order valence-electron chi connectivity index (χ3n) is 5.81. The lowest BCUT2D eigenvalue weighted by Gasteiger charge is -2.33. The first kappa shape index (κ1) is 20.8. The van der Waals surface area contributed by atoms with E-state index in [2.05, 4.69) is 11.8 Å². The van der Waals surface area contributed by atoms with Crippen molar-refractivity contribution in [2.24, 2.45) is 13.0 Å². The second kappa shape index (κ2) is 7.83. The van der Waals surface area contributed by atoms with E-state index >= 15 is 0 Å². The zero-order valence-corrected chi connectivity index (χ0v) is 19.1. The highest BCUT2D eigenvalue weighted by molar-refractivity contribution is 6.30. The summed E-state index contributed by atoms with van der Waals surface area (Å²) in [5.41, 5.74) is 1.75. The largest absolute Gasteiger partial charge is 0.332 e. The summed E-state index contributed by atoms with van der Waals surface area (Å²) in [6, 6.07) is 14.7. The third kappa shape index (κ3) is 3.42. The molecule has 0 saturated heterocycles. The van der Waals surface area contributed by atoms with E-state index in [4.69, 9.17) is 28.2 Å². The first-order valence-corrected chi connectivity index (χ1v) is 11.1. The molecule has 9 heteroatoms. The van der Waals surface area contributed by atoms with Gasteiger partial charge in [0, 0.05) is 35.9 Å². The highest BCUT2D eigenvalue weighted by Crippen LogP contribution is 2.33. The number of hydrogen-bond acceptors (Lipinski definition) is 4. The minimum atomic E-state index is -0.413. The second-order valence-corrected chi connectivity index (χ2v) is 9.12. The number of hydrogen-bond donors (Lipinski definition) is 0. The molecule has 0 radical (unpaired) electrons. The molecular weight excluding hydrogens is 449 g/mol. The average Bonchev–Trinajstić information content (AvgIpc) is 3.15. The van der Waals surface area contributed by atoms with Crippen LogP contribution in [0, 0.1) is 5.92 Å². The molecule has 0 amide bonds. The maximum Gasteiger partial charge on any atom is 0.332 e. The molecule has 2 aromatic heterocycles. The zero-order valence-electron chi connectivity index (χ0n) is 17.6. The normalized spacial score (nSPS) is 15.9. The molecule has 0 bridgehead atoms. The third-order valence-corrected chi connectivity index (χ3v) is 6.30. The highest BCUT2D eigenvalue weighted by Gasteiger charge is 2.29. The summed E-state index contributed by atoms with van der Waals surface area (Å²) >= 11 is 12.2. The molecule has 164 valence electrons. The van der Waals surface area contributed by atoms with Crippen molar-refractivity contribution in [3.05, 3.63) is 85.0 Å². The monoisotopic (exact) mass is 469 g/mol. The van der Waals surface area contributed by atoms with Crippen molar-refractivity contribution in [2.45, 2.75) is 20.0 Å². The van der Waals surface area contributed by atoms with Crippen LogP contribution in [-0.2, 0) is 20.1 Å². The quantitative estimate of drug-likeness (QED) is 0.454. The molecule has 0 saturated carbocycles. The van der Waals surface area contributed by atoms with Crippen LogP contribution >= 0.6 is 23.2 Å². The van der Waals surface area contributed by atoms with Gasteiger partial charge in [0.2, 0.25) is 5.95 Å². The van der Waals surface area contributed by atoms with Gasteiger partial charge in [-0.2, -0.15) is 4.98 Å². The van der Waals surface area contributed by atoms with E-state index in [1.54, 1.807) is 25.2 Å². The first-order chi connectivity index (χ1) is 15.3. The summed E-state index contributed by atoms with van der Waals surface area (Å²) < 4.78 is 4.61. The number of imidazole rings is 1. The molecule has 1 atom stereocenters. The summed E-state index contributed by atoms with van der Waals surface area (Å²) in [5, 5.41) is 1.21. The number of anilines is 2. The Kier molecular flexibility index (Phi) is 5.10. The molecule has 5 rings (SSSR count). The Morgan fingerprint density at radius 3 is 2.50 bits per heavy atom. The molecule has 7 nitrogen and oxygen atoms in total. The summed E-state index contributed by atoms with van der Waals surface area (Å²) in [4.78, 5) is 33.4. The van der Waals surface area contributed by atoms with Crippen LogP contribution in [0.25, 0.3) is 11.2 Å². The second-order valence-electron chi connectivity index (χ2n) is 8.25. The predicted molar refractivity (Wildman–Crippen MR) is 127 cm³/mol. The Morgan fingerprint density at radius 2 is 1.78 bits per heavy atom. The molecule has 2 aromatic carbocycles. The molecular formula is C23H21Cl2N5O2. The van der Waals surface area contributed by atoms with Crippen molar-refractivity contribution < 1.29 is 0 Å². The highest BCUT2D eigenvalue weighted by atomic mass is 35.5. The van der Waals surface area contributed by atoms with Gasteiger partial charge in [0.1, 0.15) is 0 Å². The lowest BCUT2D eigenvalue weighted by atomic mass is 10.1. The fraction of sp³-hybridized carbons (Fsp3) is 0.261. The van der Waals surface area contributed by atoms with E-state index in [1.165, 1.54) is 9.13 Å². The Morgan fingerprint density at radius 1 is 1.03 bits per heavy atom. The number of aryl methyl sites for hydroxylation is 1. The molecule has 0 aliphatic carbocycles. The van der Waals surface area contributed by atoms with Gasteiger partial charge >= 0.3 is 5.69 Å². The number of fused-ring (bicyclic) bond motifs is 3. The van der Waals surface area contributed by atoms with Gasteiger partial charge in [-0.3, -0.25) is 13.9 Å². The maximum absolute atomic E-state index is 13.5. The van der Waals surface area contributed by atoms with Crippen LogP contribution < -0.4 is 16.1 Å². The Labute approximate surface area is 194 Å². The van der Waals surface area contributed by atoms with Gasteiger partial charge in [0.15, 0.2) is 11.2 Å². The minimum absolute atomic E-state index is 0.138. The first-order valence-electron chi connectivity index (χ1n) is 10.3. The molecule has 0 N–H and O–H groups in total. The van der Waals surface area contributed by atoms with Crippen LogP contribution in [-0.4, -0.2) is 25.2 Å². The van der Waals surface area contributed by atoms with Crippen LogP contribution in [0.2, 0.25) is 10.0 Å². The minimum Gasteiger partial charge on any atom is -0.312 e. The van der Waals surface area contributed by atoms with Crippen molar-refractivity contribution in [2.75, 3.05) is 11.4 Å². The molecule has 3 heterocycles. The standard InChI is InChI=1S/C23H21Cl2N5O2/c1-14-11-28(18-8-6-16(24)7-9-18)22-26-20-19(29(22)12-14)21(31)30(23(32)27(20)2)13-15-4-3-5-17(25)10-15/h3-10,14H,11-13H2,1-2H3/t14-/m1/s1. The summed E-state index contributed by atoms with van der Waals surface area (Å²) in [6.45, 7) is 3.65. The predicted octanol–water partition coefficient (Wildman–Crippen LogP) is 4.04. The topological polar surface area (TPSA) is 65.1 Å². The Balaban J connectivity index is 1.72. The molecule has 1 aliphatic heterocycles. The Bertz CT molecular complexity index is 1450. The number of benzene rings is 2. The molecule has 32 heavy (non-hydrogen) atoms. The van der Waals surface area contributed by atoms with Crippen LogP contribution in [0.1, 0.15) is 12.5 Å². The van der Waals surface area contributed by atoms with Crippen molar-refractivity contribution in [3.8, 4) is 0 Å². The summed E-state index contributed by atoms with van der Waals surface area (Å²) in [6.07, 6.45) is 0. The van der Waals surface area contributed by atoms with Gasteiger partial charge in [-0.1, -0.05) is 42.3 Å². The molecule has 0 unspecified atom stereocenters. The maximum atomic E-state index is 13.5. The van der Waals surface area contributed by atoms with Gasteiger partial charge in [0.05, 0.1) is 6.54 Å². The van der Waals surface area contributed by atoms with Crippen molar-refractivity contribution >= 4 is 46.0 Å². The fourth-order valence-electron chi connectivity index (χ4n) is 4.30. The number of aromatic nitrogens is 4. The van der Waals surface area contributed by atoms with Gasteiger partial charge in [-0.15, -0.1) is 0 Å². The van der Waals surface area contributed by atoms with E-state index in [9.17, 15) is 9.59 Å². The lowest BCUT2D eigenvalue weighted by molar-refractivity contribution is 0.458. The lowest BCUT2D eigenvalue weighted by Crippen LogP contribution is -2.40. The SMILES string of the molecule is C[C@@H]1CN(c2ccc(Cl)cc2)c2nc3c(c(=O)n(Cc4cccc(Cl)c4)c(=O)n3C)n2C1. The zero-order chi connectivity index (χ0) is 22.6. The summed E-state index contributed by atoms with van der Waals surface area (Å²) in [5.74, 6) is 0.918. The molecule has 4 aromatic rings. The van der Waals surface area contributed by atoms with Gasteiger partial charge in [0.25, 0.3) is 5.56 Å². The van der Waals surface area contributed by atoms with Crippen LogP contribution in [0.5, 0.6) is 0 Å². The van der Waals surface area contributed by atoms with E-state index < -0.39 is 5.69 Å². The smallest absolute Gasteiger partial charge is 0.312 e.